The Morgan fingerprint density at radius 2 is 1.96 bits per heavy atom. The molecule has 0 spiro atoms. The van der Waals surface area contributed by atoms with Gasteiger partial charge in [-0.25, -0.2) is 17.9 Å². The Hall–Kier alpha value is -1.64. The van der Waals surface area contributed by atoms with Crippen LogP contribution in [-0.2, 0) is 14.8 Å². The molecule has 0 amide bonds. The molecule has 0 unspecified atom stereocenters. The van der Waals surface area contributed by atoms with Gasteiger partial charge in [-0.15, -0.1) is 0 Å². The van der Waals surface area contributed by atoms with E-state index in [1.54, 1.807) is 6.92 Å². The standard InChI is InChI=1S/C16H26N2O5S/c1-5-6-11(2)17-14-8-7-13(16(19)20)9-15(14)24(21,22)18-12(3)10-23-4/h7-9,11-12,17-18H,5-6,10H2,1-4H3,(H,19,20)/t11-,12-/m1/s1. The average Bonchev–Trinajstić information content (AvgIpc) is 2.47. The van der Waals surface area contributed by atoms with Crippen molar-refractivity contribution in [2.24, 2.45) is 0 Å². The summed E-state index contributed by atoms with van der Waals surface area (Å²) in [6, 6.07) is 3.68. The predicted molar refractivity (Wildman–Crippen MR) is 93.1 cm³/mol. The molecule has 3 N–H and O–H groups in total. The number of aromatic carboxylic acids is 1. The van der Waals surface area contributed by atoms with Gasteiger partial charge in [0.25, 0.3) is 0 Å². The molecule has 0 fully saturated rings. The Labute approximate surface area is 143 Å². The van der Waals surface area contributed by atoms with Gasteiger partial charge in [-0.2, -0.15) is 0 Å². The maximum absolute atomic E-state index is 12.7. The molecule has 1 aromatic carbocycles. The molecule has 24 heavy (non-hydrogen) atoms. The summed E-state index contributed by atoms with van der Waals surface area (Å²) in [7, 11) is -2.40. The second-order valence-corrected chi connectivity index (χ2v) is 7.51. The second kappa shape index (κ2) is 9.00. The van der Waals surface area contributed by atoms with Crippen LogP contribution in [0.5, 0.6) is 0 Å². The van der Waals surface area contributed by atoms with Crippen molar-refractivity contribution in [2.45, 2.75) is 50.6 Å². The van der Waals surface area contributed by atoms with E-state index in [4.69, 9.17) is 9.84 Å². The van der Waals surface area contributed by atoms with Crippen LogP contribution in [-0.4, -0.2) is 45.3 Å². The molecular formula is C16H26N2O5S. The lowest BCUT2D eigenvalue weighted by Crippen LogP contribution is -2.36. The lowest BCUT2D eigenvalue weighted by atomic mass is 10.1. The largest absolute Gasteiger partial charge is 0.478 e. The van der Waals surface area contributed by atoms with Crippen LogP contribution in [0.3, 0.4) is 0 Å². The average molecular weight is 358 g/mol. The highest BCUT2D eigenvalue weighted by atomic mass is 32.2. The number of carboxylic acid groups (broad SMARTS) is 1. The molecule has 0 aliphatic rings. The molecule has 0 bridgehead atoms. The third-order valence-electron chi connectivity index (χ3n) is 3.41. The zero-order valence-electron chi connectivity index (χ0n) is 14.5. The Bertz CT molecular complexity index is 660. The van der Waals surface area contributed by atoms with Crippen LogP contribution in [0, 0.1) is 0 Å². The second-order valence-electron chi connectivity index (χ2n) is 5.83. The maximum atomic E-state index is 12.7. The van der Waals surface area contributed by atoms with Crippen molar-refractivity contribution in [3.05, 3.63) is 23.8 Å². The first-order valence-electron chi connectivity index (χ1n) is 7.86. The van der Waals surface area contributed by atoms with Crippen molar-refractivity contribution in [2.75, 3.05) is 19.0 Å². The fraction of sp³-hybridized carbons (Fsp3) is 0.562. The quantitative estimate of drug-likeness (QED) is 0.593. The van der Waals surface area contributed by atoms with E-state index < -0.39 is 22.0 Å². The topological polar surface area (TPSA) is 105 Å². The fourth-order valence-corrected chi connectivity index (χ4v) is 3.80. The van der Waals surface area contributed by atoms with E-state index in [0.29, 0.717) is 5.69 Å². The normalized spacial score (nSPS) is 14.2. The first kappa shape index (κ1) is 20.4. The van der Waals surface area contributed by atoms with Crippen LogP contribution < -0.4 is 10.0 Å². The van der Waals surface area contributed by atoms with Crippen molar-refractivity contribution in [1.82, 2.24) is 4.72 Å². The van der Waals surface area contributed by atoms with Crippen molar-refractivity contribution < 1.29 is 23.1 Å². The highest BCUT2D eigenvalue weighted by Gasteiger charge is 2.23. The summed E-state index contributed by atoms with van der Waals surface area (Å²) in [5.41, 5.74) is 0.307. The third-order valence-corrected chi connectivity index (χ3v) is 5.04. The maximum Gasteiger partial charge on any atom is 0.335 e. The minimum atomic E-state index is -3.88. The van der Waals surface area contributed by atoms with Crippen LogP contribution in [0.15, 0.2) is 23.1 Å². The predicted octanol–water partition coefficient (Wildman–Crippen LogP) is 2.30. The van der Waals surface area contributed by atoms with Gasteiger partial charge in [0.05, 0.1) is 17.9 Å². The summed E-state index contributed by atoms with van der Waals surface area (Å²) in [4.78, 5) is 11.1. The van der Waals surface area contributed by atoms with Crippen LogP contribution in [0.25, 0.3) is 0 Å². The van der Waals surface area contributed by atoms with E-state index in [2.05, 4.69) is 10.0 Å². The number of benzene rings is 1. The summed E-state index contributed by atoms with van der Waals surface area (Å²) < 4.78 is 32.7. The van der Waals surface area contributed by atoms with Crippen molar-refractivity contribution in [3.8, 4) is 0 Å². The van der Waals surface area contributed by atoms with Crippen LogP contribution >= 0.6 is 0 Å². The van der Waals surface area contributed by atoms with Gasteiger partial charge in [0, 0.05) is 19.2 Å². The van der Waals surface area contributed by atoms with Gasteiger partial charge in [-0.3, -0.25) is 0 Å². The van der Waals surface area contributed by atoms with Crippen molar-refractivity contribution in [3.63, 3.8) is 0 Å². The SMILES string of the molecule is CCC[C@@H](C)Nc1ccc(C(=O)O)cc1S(=O)(=O)N[C@H](C)COC. The zero-order chi connectivity index (χ0) is 18.3. The number of hydrogen-bond acceptors (Lipinski definition) is 5. The molecule has 1 rings (SSSR count). The fourth-order valence-electron chi connectivity index (χ4n) is 2.38. The number of anilines is 1. The van der Waals surface area contributed by atoms with E-state index in [1.807, 2.05) is 13.8 Å². The Morgan fingerprint density at radius 1 is 1.29 bits per heavy atom. The molecule has 8 heteroatoms. The summed E-state index contributed by atoms with van der Waals surface area (Å²) in [5.74, 6) is -1.18. The van der Waals surface area contributed by atoms with E-state index in [-0.39, 0.29) is 23.1 Å². The highest BCUT2D eigenvalue weighted by molar-refractivity contribution is 7.89. The van der Waals surface area contributed by atoms with Crippen molar-refractivity contribution in [1.29, 1.82) is 0 Å². The van der Waals surface area contributed by atoms with Gasteiger partial charge in [0.15, 0.2) is 0 Å². The first-order valence-corrected chi connectivity index (χ1v) is 9.34. The third kappa shape index (κ3) is 5.77. The van der Waals surface area contributed by atoms with Gasteiger partial charge in [-0.05, 0) is 38.5 Å². The lowest BCUT2D eigenvalue weighted by Gasteiger charge is -2.20. The number of ether oxygens (including phenoxy) is 1. The molecule has 0 aromatic heterocycles. The van der Waals surface area contributed by atoms with Gasteiger partial charge >= 0.3 is 5.97 Å². The van der Waals surface area contributed by atoms with Gasteiger partial charge in [0.2, 0.25) is 10.0 Å². The number of rotatable bonds is 10. The monoisotopic (exact) mass is 358 g/mol. The summed E-state index contributed by atoms with van der Waals surface area (Å²) in [6.07, 6.45) is 1.82. The smallest absolute Gasteiger partial charge is 0.335 e. The number of sulfonamides is 1. The van der Waals surface area contributed by atoms with Gasteiger partial charge in [0.1, 0.15) is 4.90 Å². The Morgan fingerprint density at radius 3 is 2.50 bits per heavy atom. The first-order chi connectivity index (χ1) is 11.2. The highest BCUT2D eigenvalue weighted by Crippen LogP contribution is 2.24. The Kier molecular flexibility index (Phi) is 7.65. The summed E-state index contributed by atoms with van der Waals surface area (Å²) in [6.45, 7) is 5.88. The number of nitrogens with one attached hydrogen (secondary N) is 2. The minimum Gasteiger partial charge on any atom is -0.478 e. The molecule has 0 radical (unpaired) electrons. The number of hydrogen-bond donors (Lipinski definition) is 3. The van der Waals surface area contributed by atoms with E-state index in [9.17, 15) is 13.2 Å². The zero-order valence-corrected chi connectivity index (χ0v) is 15.3. The van der Waals surface area contributed by atoms with E-state index in [1.165, 1.54) is 25.3 Å². The van der Waals surface area contributed by atoms with E-state index in [0.717, 1.165) is 12.8 Å². The molecule has 7 nitrogen and oxygen atoms in total. The molecule has 0 heterocycles. The molecule has 0 aliphatic heterocycles. The van der Waals surface area contributed by atoms with Crippen LogP contribution in [0.1, 0.15) is 44.0 Å². The summed E-state index contributed by atoms with van der Waals surface area (Å²) in [5, 5.41) is 12.3. The molecule has 136 valence electrons. The number of carboxylic acids is 1. The van der Waals surface area contributed by atoms with E-state index >= 15 is 0 Å². The minimum absolute atomic E-state index is 0.0658. The van der Waals surface area contributed by atoms with Crippen LogP contribution in [0.2, 0.25) is 0 Å². The number of carbonyl (C=O) groups is 1. The van der Waals surface area contributed by atoms with Crippen LogP contribution in [0.4, 0.5) is 5.69 Å². The van der Waals surface area contributed by atoms with Crippen molar-refractivity contribution >= 4 is 21.7 Å². The van der Waals surface area contributed by atoms with Gasteiger partial charge < -0.3 is 15.2 Å². The molecule has 0 aliphatic carbocycles. The van der Waals surface area contributed by atoms with Gasteiger partial charge in [-0.1, -0.05) is 13.3 Å². The molecule has 2 atom stereocenters. The molecule has 1 aromatic rings. The lowest BCUT2D eigenvalue weighted by molar-refractivity contribution is 0.0696. The molecule has 0 saturated carbocycles. The number of methoxy groups -OCH3 is 1. The molecular weight excluding hydrogens is 332 g/mol. The Balaban J connectivity index is 3.24. The molecule has 0 saturated heterocycles. The summed E-state index contributed by atoms with van der Waals surface area (Å²) >= 11 is 0.